The number of rotatable bonds is 6. The third-order valence-corrected chi connectivity index (χ3v) is 3.74. The van der Waals surface area contributed by atoms with E-state index >= 15 is 0 Å². The van der Waals surface area contributed by atoms with Crippen LogP contribution in [0.3, 0.4) is 0 Å². The van der Waals surface area contributed by atoms with Gasteiger partial charge >= 0.3 is 0 Å². The second kappa shape index (κ2) is 7.19. The van der Waals surface area contributed by atoms with Gasteiger partial charge in [0.05, 0.1) is 12.1 Å². The van der Waals surface area contributed by atoms with Crippen molar-refractivity contribution in [2.75, 3.05) is 20.2 Å². The fraction of sp³-hybridized carbons (Fsp3) is 0.538. The van der Waals surface area contributed by atoms with Gasteiger partial charge in [-0.1, -0.05) is 30.1 Å². The van der Waals surface area contributed by atoms with E-state index in [-0.39, 0.29) is 5.92 Å². The minimum absolute atomic E-state index is 0.285. The van der Waals surface area contributed by atoms with Crippen molar-refractivity contribution in [1.82, 2.24) is 0 Å². The van der Waals surface area contributed by atoms with Gasteiger partial charge in [-0.2, -0.15) is 0 Å². The standard InChI is InChI=1S/C13H20Cl2N2O/c1-8(10(6-16)7-17)3-9-4-11(14)5-12(15)13(9)18-2/h4-5,8,10H,3,6-7,16-17H2,1-2H3. The lowest BCUT2D eigenvalue weighted by Crippen LogP contribution is -2.30. The van der Waals surface area contributed by atoms with Crippen LogP contribution in [0.1, 0.15) is 12.5 Å². The van der Waals surface area contributed by atoms with E-state index < -0.39 is 0 Å². The van der Waals surface area contributed by atoms with Gasteiger partial charge in [-0.15, -0.1) is 0 Å². The molecular formula is C13H20Cl2N2O. The highest BCUT2D eigenvalue weighted by Crippen LogP contribution is 2.34. The van der Waals surface area contributed by atoms with Gasteiger partial charge in [0.15, 0.2) is 0 Å². The first-order valence-corrected chi connectivity index (χ1v) is 6.71. The summed E-state index contributed by atoms with van der Waals surface area (Å²) in [6.45, 7) is 3.28. The molecule has 1 aromatic rings. The lowest BCUT2D eigenvalue weighted by Gasteiger charge is -2.22. The summed E-state index contributed by atoms with van der Waals surface area (Å²) in [4.78, 5) is 0. The molecule has 0 aliphatic heterocycles. The van der Waals surface area contributed by atoms with E-state index in [4.69, 9.17) is 39.4 Å². The third kappa shape index (κ3) is 3.75. The number of benzene rings is 1. The summed E-state index contributed by atoms with van der Waals surface area (Å²) >= 11 is 12.1. The predicted molar refractivity (Wildman–Crippen MR) is 77.5 cm³/mol. The van der Waals surface area contributed by atoms with Crippen LogP contribution < -0.4 is 16.2 Å². The van der Waals surface area contributed by atoms with Crippen LogP contribution in [0.5, 0.6) is 5.75 Å². The van der Waals surface area contributed by atoms with Gasteiger partial charge in [-0.25, -0.2) is 0 Å². The van der Waals surface area contributed by atoms with Crippen LogP contribution in [-0.2, 0) is 6.42 Å². The van der Waals surface area contributed by atoms with Gasteiger partial charge < -0.3 is 16.2 Å². The van der Waals surface area contributed by atoms with Gasteiger partial charge in [0.2, 0.25) is 0 Å². The smallest absolute Gasteiger partial charge is 0.140 e. The summed E-state index contributed by atoms with van der Waals surface area (Å²) in [5.74, 6) is 1.32. The van der Waals surface area contributed by atoms with E-state index in [1.807, 2.05) is 6.07 Å². The van der Waals surface area contributed by atoms with Crippen LogP contribution in [0, 0.1) is 11.8 Å². The monoisotopic (exact) mass is 290 g/mol. The molecule has 1 unspecified atom stereocenters. The summed E-state index contributed by atoms with van der Waals surface area (Å²) < 4.78 is 5.33. The zero-order valence-electron chi connectivity index (χ0n) is 10.7. The van der Waals surface area contributed by atoms with Crippen molar-refractivity contribution in [1.29, 1.82) is 0 Å². The maximum Gasteiger partial charge on any atom is 0.140 e. The van der Waals surface area contributed by atoms with E-state index in [0.717, 1.165) is 12.0 Å². The Morgan fingerprint density at radius 1 is 1.22 bits per heavy atom. The summed E-state index contributed by atoms with van der Waals surface area (Å²) in [6, 6.07) is 3.56. The molecule has 0 aliphatic carbocycles. The number of halogens is 2. The molecule has 0 aromatic heterocycles. The second-order valence-electron chi connectivity index (χ2n) is 4.49. The molecule has 0 radical (unpaired) electrons. The predicted octanol–water partition coefficient (Wildman–Crippen LogP) is 2.71. The lowest BCUT2D eigenvalue weighted by molar-refractivity contribution is 0.360. The van der Waals surface area contributed by atoms with E-state index in [1.54, 1.807) is 13.2 Å². The summed E-state index contributed by atoms with van der Waals surface area (Å²) in [6.07, 6.45) is 0.794. The third-order valence-electron chi connectivity index (χ3n) is 3.24. The minimum Gasteiger partial charge on any atom is -0.495 e. The topological polar surface area (TPSA) is 61.3 Å². The highest BCUT2D eigenvalue weighted by atomic mass is 35.5. The average Bonchev–Trinajstić information content (AvgIpc) is 2.30. The quantitative estimate of drug-likeness (QED) is 0.847. The number of hydrogen-bond donors (Lipinski definition) is 2. The second-order valence-corrected chi connectivity index (χ2v) is 5.34. The molecule has 1 rings (SSSR count). The van der Waals surface area contributed by atoms with Gasteiger partial charge in [-0.3, -0.25) is 0 Å². The van der Waals surface area contributed by atoms with Crippen molar-refractivity contribution in [3.8, 4) is 5.75 Å². The van der Waals surface area contributed by atoms with Crippen molar-refractivity contribution >= 4 is 23.2 Å². The molecule has 102 valence electrons. The first-order valence-electron chi connectivity index (χ1n) is 5.95. The Hall–Kier alpha value is -0.480. The number of ether oxygens (including phenoxy) is 1. The summed E-state index contributed by atoms with van der Waals surface area (Å²) in [5.41, 5.74) is 12.4. The zero-order chi connectivity index (χ0) is 13.7. The highest BCUT2D eigenvalue weighted by Gasteiger charge is 2.18. The van der Waals surface area contributed by atoms with Crippen LogP contribution >= 0.6 is 23.2 Å². The molecule has 0 aliphatic rings. The summed E-state index contributed by atoms with van der Waals surface area (Å²) in [7, 11) is 1.60. The Morgan fingerprint density at radius 3 is 2.33 bits per heavy atom. The Morgan fingerprint density at radius 2 is 1.83 bits per heavy atom. The molecule has 1 aromatic carbocycles. The Balaban J connectivity index is 2.96. The van der Waals surface area contributed by atoms with Crippen LogP contribution in [0.4, 0.5) is 0 Å². The van der Waals surface area contributed by atoms with E-state index in [1.165, 1.54) is 0 Å². The highest BCUT2D eigenvalue weighted by molar-refractivity contribution is 6.35. The van der Waals surface area contributed by atoms with Crippen molar-refractivity contribution < 1.29 is 4.74 Å². The van der Waals surface area contributed by atoms with Gasteiger partial charge in [0.25, 0.3) is 0 Å². The van der Waals surface area contributed by atoms with E-state index in [9.17, 15) is 0 Å². The normalized spacial score (nSPS) is 12.8. The molecule has 0 saturated carbocycles. The van der Waals surface area contributed by atoms with Crippen molar-refractivity contribution in [2.45, 2.75) is 13.3 Å². The summed E-state index contributed by atoms with van der Waals surface area (Å²) in [5, 5.41) is 1.14. The minimum atomic E-state index is 0.285. The van der Waals surface area contributed by atoms with Gasteiger partial charge in [0, 0.05) is 5.02 Å². The molecule has 0 fully saturated rings. The molecule has 0 spiro atoms. The first-order chi connectivity index (χ1) is 8.53. The molecule has 4 N–H and O–H groups in total. The fourth-order valence-corrected chi connectivity index (χ4v) is 2.68. The SMILES string of the molecule is COc1c(Cl)cc(Cl)cc1CC(C)C(CN)CN. The maximum atomic E-state index is 6.11. The average molecular weight is 291 g/mol. The maximum absolute atomic E-state index is 6.11. The van der Waals surface area contributed by atoms with Crippen LogP contribution in [0.25, 0.3) is 0 Å². The molecule has 0 heterocycles. The van der Waals surface area contributed by atoms with Crippen molar-refractivity contribution in [3.05, 3.63) is 27.7 Å². The Bertz CT molecular complexity index is 395. The lowest BCUT2D eigenvalue weighted by atomic mass is 9.88. The first kappa shape index (κ1) is 15.6. The molecule has 0 amide bonds. The molecule has 0 saturated heterocycles. The Kier molecular flexibility index (Phi) is 6.22. The van der Waals surface area contributed by atoms with E-state index in [2.05, 4.69) is 6.92 Å². The zero-order valence-corrected chi connectivity index (χ0v) is 12.3. The molecule has 18 heavy (non-hydrogen) atoms. The van der Waals surface area contributed by atoms with Crippen LogP contribution in [0.15, 0.2) is 12.1 Å². The molecule has 1 atom stereocenters. The van der Waals surface area contributed by atoms with Gasteiger partial charge in [-0.05, 0) is 49.0 Å². The van der Waals surface area contributed by atoms with Crippen LogP contribution in [0.2, 0.25) is 10.0 Å². The fourth-order valence-electron chi connectivity index (χ4n) is 2.07. The molecular weight excluding hydrogens is 271 g/mol. The number of methoxy groups -OCH3 is 1. The Labute approximate surface area is 118 Å². The van der Waals surface area contributed by atoms with Crippen molar-refractivity contribution in [2.24, 2.45) is 23.3 Å². The number of nitrogens with two attached hydrogens (primary N) is 2. The van der Waals surface area contributed by atoms with E-state index in [0.29, 0.717) is 34.8 Å². The van der Waals surface area contributed by atoms with Crippen molar-refractivity contribution in [3.63, 3.8) is 0 Å². The van der Waals surface area contributed by atoms with Crippen LogP contribution in [-0.4, -0.2) is 20.2 Å². The molecule has 0 bridgehead atoms. The number of hydrogen-bond acceptors (Lipinski definition) is 3. The molecule has 5 heteroatoms. The largest absolute Gasteiger partial charge is 0.495 e. The molecule has 3 nitrogen and oxygen atoms in total. The van der Waals surface area contributed by atoms with Gasteiger partial charge in [0.1, 0.15) is 5.75 Å².